The fraction of sp³-hybridized carbons (Fsp3) is 0.615. The maximum atomic E-state index is 5.99. The molecule has 1 aromatic rings. The molecule has 0 amide bonds. The van der Waals surface area contributed by atoms with Gasteiger partial charge in [0.15, 0.2) is 5.96 Å². The molecule has 0 spiro atoms. The molecule has 3 nitrogen and oxygen atoms in total. The van der Waals surface area contributed by atoms with Gasteiger partial charge < -0.3 is 10.6 Å². The molecule has 94 valence electrons. The van der Waals surface area contributed by atoms with E-state index < -0.39 is 0 Å². The maximum absolute atomic E-state index is 5.99. The lowest BCUT2D eigenvalue weighted by Gasteiger charge is -2.31. The van der Waals surface area contributed by atoms with Crippen LogP contribution in [-0.4, -0.2) is 23.4 Å². The van der Waals surface area contributed by atoms with Gasteiger partial charge in [-0.2, -0.15) is 0 Å². The van der Waals surface area contributed by atoms with E-state index in [1.165, 1.54) is 4.88 Å². The molecule has 0 fully saturated rings. The van der Waals surface area contributed by atoms with Crippen molar-refractivity contribution in [2.75, 3.05) is 6.54 Å². The SMILES string of the molecule is CC(C)(C)CC1CN=C(N)N1Cc1cccs1. The summed E-state index contributed by atoms with van der Waals surface area (Å²) in [6, 6.07) is 4.70. The highest BCUT2D eigenvalue weighted by atomic mass is 32.1. The van der Waals surface area contributed by atoms with Crippen LogP contribution >= 0.6 is 11.3 Å². The number of aliphatic imine (C=N–C) groups is 1. The summed E-state index contributed by atoms with van der Waals surface area (Å²) in [7, 11) is 0. The first-order valence-corrected chi connectivity index (χ1v) is 6.92. The van der Waals surface area contributed by atoms with Crippen LogP contribution in [0.2, 0.25) is 0 Å². The monoisotopic (exact) mass is 251 g/mol. The van der Waals surface area contributed by atoms with Crippen molar-refractivity contribution >= 4 is 17.3 Å². The second-order valence-corrected chi connectivity index (χ2v) is 6.86. The van der Waals surface area contributed by atoms with E-state index in [1.54, 1.807) is 11.3 Å². The van der Waals surface area contributed by atoms with Gasteiger partial charge in [0, 0.05) is 4.88 Å². The van der Waals surface area contributed by atoms with Crippen molar-refractivity contribution in [3.63, 3.8) is 0 Å². The summed E-state index contributed by atoms with van der Waals surface area (Å²) in [4.78, 5) is 7.99. The van der Waals surface area contributed by atoms with Crippen molar-refractivity contribution in [3.8, 4) is 0 Å². The van der Waals surface area contributed by atoms with Crippen molar-refractivity contribution in [1.29, 1.82) is 0 Å². The minimum atomic E-state index is 0.318. The predicted octanol–water partition coefficient (Wildman–Crippen LogP) is 2.68. The zero-order valence-corrected chi connectivity index (χ0v) is 11.6. The van der Waals surface area contributed by atoms with Crippen LogP contribution in [0.1, 0.15) is 32.1 Å². The van der Waals surface area contributed by atoms with Gasteiger partial charge in [0.2, 0.25) is 0 Å². The smallest absolute Gasteiger partial charge is 0.191 e. The van der Waals surface area contributed by atoms with E-state index in [2.05, 4.69) is 48.2 Å². The predicted molar refractivity (Wildman–Crippen MR) is 74.2 cm³/mol. The summed E-state index contributed by atoms with van der Waals surface area (Å²) in [5, 5.41) is 2.11. The van der Waals surface area contributed by atoms with Crippen molar-refractivity contribution in [2.24, 2.45) is 16.1 Å². The van der Waals surface area contributed by atoms with E-state index >= 15 is 0 Å². The molecule has 0 radical (unpaired) electrons. The molecular weight excluding hydrogens is 230 g/mol. The van der Waals surface area contributed by atoms with Crippen molar-refractivity contribution in [3.05, 3.63) is 22.4 Å². The van der Waals surface area contributed by atoms with Crippen LogP contribution in [-0.2, 0) is 6.54 Å². The Hall–Kier alpha value is -1.03. The number of nitrogens with two attached hydrogens (primary N) is 1. The van der Waals surface area contributed by atoms with Crippen LogP contribution in [0.15, 0.2) is 22.5 Å². The average molecular weight is 251 g/mol. The summed E-state index contributed by atoms with van der Waals surface area (Å²) < 4.78 is 0. The first kappa shape index (κ1) is 12.4. The number of hydrogen-bond acceptors (Lipinski definition) is 4. The van der Waals surface area contributed by atoms with E-state index in [0.29, 0.717) is 17.4 Å². The van der Waals surface area contributed by atoms with Gasteiger partial charge in [0.05, 0.1) is 19.1 Å². The highest BCUT2D eigenvalue weighted by Crippen LogP contribution is 2.27. The molecule has 1 aromatic heterocycles. The molecule has 0 saturated heterocycles. The highest BCUT2D eigenvalue weighted by molar-refractivity contribution is 7.09. The second-order valence-electron chi connectivity index (χ2n) is 5.82. The molecule has 0 aliphatic carbocycles. The molecule has 17 heavy (non-hydrogen) atoms. The molecule has 0 saturated carbocycles. The zero-order valence-electron chi connectivity index (χ0n) is 10.8. The Morgan fingerprint density at radius 1 is 1.53 bits per heavy atom. The molecular formula is C13H21N3S. The van der Waals surface area contributed by atoms with Crippen LogP contribution in [0.4, 0.5) is 0 Å². The third kappa shape index (κ3) is 3.22. The number of hydrogen-bond donors (Lipinski definition) is 1. The molecule has 2 rings (SSSR count). The van der Waals surface area contributed by atoms with Crippen LogP contribution in [0.5, 0.6) is 0 Å². The molecule has 4 heteroatoms. The standard InChI is InChI=1S/C13H21N3S/c1-13(2,3)7-10-8-15-12(14)16(10)9-11-5-4-6-17-11/h4-6,10H,7-9H2,1-3H3,(H2,14,15). The molecule has 1 unspecified atom stereocenters. The summed E-state index contributed by atoms with van der Waals surface area (Å²) in [5.74, 6) is 0.702. The normalized spacial score (nSPS) is 20.8. The Morgan fingerprint density at radius 3 is 2.88 bits per heavy atom. The summed E-state index contributed by atoms with van der Waals surface area (Å²) in [5.41, 5.74) is 6.30. The fourth-order valence-electron chi connectivity index (χ4n) is 2.24. The van der Waals surface area contributed by atoms with Gasteiger partial charge in [-0.1, -0.05) is 26.8 Å². The third-order valence-electron chi connectivity index (χ3n) is 2.95. The quantitative estimate of drug-likeness (QED) is 0.897. The van der Waals surface area contributed by atoms with Crippen LogP contribution in [0.25, 0.3) is 0 Å². The summed E-state index contributed by atoms with van der Waals surface area (Å²) >= 11 is 1.78. The fourth-order valence-corrected chi connectivity index (χ4v) is 2.94. The topological polar surface area (TPSA) is 41.6 Å². The van der Waals surface area contributed by atoms with E-state index in [9.17, 15) is 0 Å². The number of thiophene rings is 1. The van der Waals surface area contributed by atoms with Crippen molar-refractivity contribution < 1.29 is 0 Å². The van der Waals surface area contributed by atoms with Crippen LogP contribution in [0.3, 0.4) is 0 Å². The molecule has 1 atom stereocenters. The van der Waals surface area contributed by atoms with Gasteiger partial charge in [0.25, 0.3) is 0 Å². The first-order valence-electron chi connectivity index (χ1n) is 6.05. The lowest BCUT2D eigenvalue weighted by molar-refractivity contribution is 0.237. The Kier molecular flexibility index (Phi) is 3.43. The third-order valence-corrected chi connectivity index (χ3v) is 3.81. The Balaban J connectivity index is 2.04. The van der Waals surface area contributed by atoms with Gasteiger partial charge in [-0.15, -0.1) is 11.3 Å². The van der Waals surface area contributed by atoms with E-state index in [4.69, 9.17) is 5.73 Å². The Morgan fingerprint density at radius 2 is 2.29 bits per heavy atom. The lowest BCUT2D eigenvalue weighted by Crippen LogP contribution is -2.41. The number of guanidine groups is 1. The van der Waals surface area contributed by atoms with E-state index in [-0.39, 0.29) is 0 Å². The van der Waals surface area contributed by atoms with E-state index in [1.807, 2.05) is 0 Å². The lowest BCUT2D eigenvalue weighted by atomic mass is 9.88. The molecule has 2 N–H and O–H groups in total. The van der Waals surface area contributed by atoms with Crippen molar-refractivity contribution in [2.45, 2.75) is 39.8 Å². The van der Waals surface area contributed by atoms with Crippen LogP contribution in [0, 0.1) is 5.41 Å². The minimum absolute atomic E-state index is 0.318. The summed E-state index contributed by atoms with van der Waals surface area (Å²) in [6.45, 7) is 8.54. The van der Waals surface area contributed by atoms with Gasteiger partial charge in [0.1, 0.15) is 0 Å². The maximum Gasteiger partial charge on any atom is 0.191 e. The molecule has 1 aliphatic rings. The summed E-state index contributed by atoms with van der Waals surface area (Å²) in [6.07, 6.45) is 1.13. The molecule has 0 aromatic carbocycles. The minimum Gasteiger partial charge on any atom is -0.370 e. The van der Waals surface area contributed by atoms with Gasteiger partial charge in [-0.3, -0.25) is 4.99 Å². The highest BCUT2D eigenvalue weighted by Gasteiger charge is 2.29. The number of rotatable bonds is 3. The second kappa shape index (κ2) is 4.69. The van der Waals surface area contributed by atoms with Crippen molar-refractivity contribution in [1.82, 2.24) is 4.90 Å². The molecule has 0 bridgehead atoms. The van der Waals surface area contributed by atoms with Gasteiger partial charge in [-0.05, 0) is 23.3 Å². The first-order chi connectivity index (χ1) is 7.96. The molecule has 2 heterocycles. The van der Waals surface area contributed by atoms with Crippen LogP contribution < -0.4 is 5.73 Å². The Bertz CT molecular complexity index is 389. The van der Waals surface area contributed by atoms with Gasteiger partial charge in [-0.25, -0.2) is 0 Å². The zero-order chi connectivity index (χ0) is 12.5. The number of nitrogens with zero attached hydrogens (tertiary/aromatic N) is 2. The molecule has 1 aliphatic heterocycles. The Labute approximate surface area is 107 Å². The van der Waals surface area contributed by atoms with Gasteiger partial charge >= 0.3 is 0 Å². The van der Waals surface area contributed by atoms with E-state index in [0.717, 1.165) is 19.5 Å². The average Bonchev–Trinajstić information content (AvgIpc) is 2.80. The largest absolute Gasteiger partial charge is 0.370 e.